The molecular formula is C21H23BrN4O2. The Labute approximate surface area is 172 Å². The van der Waals surface area contributed by atoms with E-state index in [4.69, 9.17) is 4.42 Å². The Morgan fingerprint density at radius 3 is 2.75 bits per heavy atom. The highest BCUT2D eigenvalue weighted by Crippen LogP contribution is 2.27. The van der Waals surface area contributed by atoms with Gasteiger partial charge in [-0.2, -0.15) is 0 Å². The van der Waals surface area contributed by atoms with Crippen molar-refractivity contribution in [2.45, 2.75) is 13.0 Å². The molecule has 0 spiro atoms. The number of nitrogens with zero attached hydrogens (tertiary/aromatic N) is 3. The molecule has 7 heteroatoms. The van der Waals surface area contributed by atoms with E-state index in [9.17, 15) is 4.79 Å². The summed E-state index contributed by atoms with van der Waals surface area (Å²) in [5.74, 6) is 1.19. The molecule has 6 nitrogen and oxygen atoms in total. The molecule has 1 atom stereocenters. The molecule has 0 aliphatic carbocycles. The second-order valence-corrected chi connectivity index (χ2v) is 7.97. The van der Waals surface area contributed by atoms with Crippen LogP contribution in [-0.2, 0) is 0 Å². The predicted molar refractivity (Wildman–Crippen MR) is 114 cm³/mol. The summed E-state index contributed by atoms with van der Waals surface area (Å²) in [5, 5.41) is 3.97. The Morgan fingerprint density at radius 1 is 1.21 bits per heavy atom. The van der Waals surface area contributed by atoms with E-state index in [0.29, 0.717) is 11.3 Å². The Morgan fingerprint density at radius 2 is 2.04 bits per heavy atom. The van der Waals surface area contributed by atoms with Gasteiger partial charge in [-0.3, -0.25) is 9.69 Å². The quantitative estimate of drug-likeness (QED) is 0.654. The lowest BCUT2D eigenvalue weighted by Crippen LogP contribution is -2.51. The van der Waals surface area contributed by atoms with Gasteiger partial charge in [0, 0.05) is 50.3 Å². The van der Waals surface area contributed by atoms with Crippen molar-refractivity contribution >= 4 is 38.6 Å². The Balaban J connectivity index is 1.30. The maximum absolute atomic E-state index is 12.6. The van der Waals surface area contributed by atoms with Gasteiger partial charge in [-0.15, -0.1) is 0 Å². The normalized spacial score (nSPS) is 16.3. The number of halogens is 1. The second kappa shape index (κ2) is 8.32. The van der Waals surface area contributed by atoms with Crippen molar-refractivity contribution in [1.82, 2.24) is 15.2 Å². The first-order chi connectivity index (χ1) is 13.6. The minimum Gasteiger partial charge on any atom is -0.450 e. The Bertz CT molecular complexity index is 951. The van der Waals surface area contributed by atoms with E-state index in [0.717, 1.165) is 48.4 Å². The van der Waals surface area contributed by atoms with Gasteiger partial charge in [0.1, 0.15) is 11.4 Å². The van der Waals surface area contributed by atoms with Crippen LogP contribution in [0.25, 0.3) is 11.0 Å². The van der Waals surface area contributed by atoms with E-state index in [-0.39, 0.29) is 11.9 Å². The van der Waals surface area contributed by atoms with Gasteiger partial charge in [-0.1, -0.05) is 18.2 Å². The summed E-state index contributed by atoms with van der Waals surface area (Å²) >= 11 is 3.46. The number of piperazine rings is 1. The first kappa shape index (κ1) is 19.0. The number of hydrogen-bond acceptors (Lipinski definition) is 5. The van der Waals surface area contributed by atoms with Gasteiger partial charge in [-0.05, 0) is 47.1 Å². The van der Waals surface area contributed by atoms with Crippen LogP contribution in [0.4, 0.5) is 5.82 Å². The molecule has 146 valence electrons. The minimum absolute atomic E-state index is 0.0329. The summed E-state index contributed by atoms with van der Waals surface area (Å²) in [6.45, 7) is 6.63. The lowest BCUT2D eigenvalue weighted by molar-refractivity contribution is 0.0902. The van der Waals surface area contributed by atoms with Crippen molar-refractivity contribution in [2.24, 2.45) is 0 Å². The SMILES string of the molecule is CC(CN1CCN(c2ccccn2)CC1)NC(=O)c1cc2cccc(Br)c2o1. The van der Waals surface area contributed by atoms with Crippen molar-refractivity contribution in [1.29, 1.82) is 0 Å². The molecule has 1 N–H and O–H groups in total. The smallest absolute Gasteiger partial charge is 0.287 e. The fourth-order valence-corrected chi connectivity index (χ4v) is 4.03. The molecule has 0 saturated carbocycles. The number of hydrogen-bond donors (Lipinski definition) is 1. The van der Waals surface area contributed by atoms with Crippen LogP contribution in [0.15, 0.2) is 57.6 Å². The van der Waals surface area contributed by atoms with Crippen LogP contribution in [0.3, 0.4) is 0 Å². The van der Waals surface area contributed by atoms with E-state index in [1.165, 1.54) is 0 Å². The molecule has 1 aromatic carbocycles. The molecule has 1 amide bonds. The van der Waals surface area contributed by atoms with Crippen molar-refractivity contribution in [3.63, 3.8) is 0 Å². The number of fused-ring (bicyclic) bond motifs is 1. The van der Waals surface area contributed by atoms with E-state index in [2.05, 4.69) is 36.0 Å². The second-order valence-electron chi connectivity index (χ2n) is 7.12. The fourth-order valence-electron chi connectivity index (χ4n) is 3.57. The lowest BCUT2D eigenvalue weighted by atomic mass is 10.2. The number of furan rings is 1. The lowest BCUT2D eigenvalue weighted by Gasteiger charge is -2.36. The molecule has 1 aliphatic heterocycles. The molecule has 28 heavy (non-hydrogen) atoms. The maximum Gasteiger partial charge on any atom is 0.287 e. The van der Waals surface area contributed by atoms with Gasteiger partial charge in [0.25, 0.3) is 5.91 Å². The summed E-state index contributed by atoms with van der Waals surface area (Å²) in [7, 11) is 0. The highest BCUT2D eigenvalue weighted by atomic mass is 79.9. The van der Waals surface area contributed by atoms with Crippen LogP contribution in [0.5, 0.6) is 0 Å². The molecule has 1 aliphatic rings. The molecule has 1 saturated heterocycles. The van der Waals surface area contributed by atoms with Crippen molar-refractivity contribution in [2.75, 3.05) is 37.6 Å². The van der Waals surface area contributed by atoms with E-state index in [1.54, 1.807) is 6.07 Å². The molecule has 1 fully saturated rings. The number of aromatic nitrogens is 1. The molecule has 4 rings (SSSR count). The van der Waals surface area contributed by atoms with Gasteiger partial charge in [-0.25, -0.2) is 4.98 Å². The summed E-state index contributed by atoms with van der Waals surface area (Å²) in [4.78, 5) is 21.7. The molecule has 3 heterocycles. The summed E-state index contributed by atoms with van der Waals surface area (Å²) in [6, 6.07) is 13.6. The van der Waals surface area contributed by atoms with Crippen LogP contribution in [-0.4, -0.2) is 54.6 Å². The van der Waals surface area contributed by atoms with Crippen LogP contribution in [0.2, 0.25) is 0 Å². The van der Waals surface area contributed by atoms with Gasteiger partial charge < -0.3 is 14.6 Å². The first-order valence-electron chi connectivity index (χ1n) is 9.47. The third-order valence-corrected chi connectivity index (χ3v) is 5.60. The van der Waals surface area contributed by atoms with Crippen molar-refractivity contribution in [3.05, 3.63) is 58.9 Å². The summed E-state index contributed by atoms with van der Waals surface area (Å²) in [6.07, 6.45) is 1.83. The minimum atomic E-state index is -0.178. The average molecular weight is 443 g/mol. The third kappa shape index (κ3) is 4.20. The van der Waals surface area contributed by atoms with E-state index < -0.39 is 0 Å². The number of pyridine rings is 1. The van der Waals surface area contributed by atoms with Crippen molar-refractivity contribution < 1.29 is 9.21 Å². The monoisotopic (exact) mass is 442 g/mol. The Hall–Kier alpha value is -2.38. The topological polar surface area (TPSA) is 61.6 Å². The zero-order valence-electron chi connectivity index (χ0n) is 15.8. The zero-order valence-corrected chi connectivity index (χ0v) is 17.4. The number of rotatable bonds is 5. The number of anilines is 1. The van der Waals surface area contributed by atoms with E-state index >= 15 is 0 Å². The number of carbonyl (C=O) groups excluding carboxylic acids is 1. The molecule has 2 aromatic heterocycles. The summed E-state index contributed by atoms with van der Waals surface area (Å²) in [5.41, 5.74) is 0.700. The van der Waals surface area contributed by atoms with Gasteiger partial charge in [0.15, 0.2) is 5.76 Å². The van der Waals surface area contributed by atoms with Crippen LogP contribution in [0.1, 0.15) is 17.5 Å². The molecule has 0 radical (unpaired) electrons. The highest BCUT2D eigenvalue weighted by Gasteiger charge is 2.21. The Kier molecular flexibility index (Phi) is 5.64. The van der Waals surface area contributed by atoms with E-state index in [1.807, 2.05) is 49.5 Å². The highest BCUT2D eigenvalue weighted by molar-refractivity contribution is 9.10. The van der Waals surface area contributed by atoms with Crippen LogP contribution >= 0.6 is 15.9 Å². The molecule has 3 aromatic rings. The van der Waals surface area contributed by atoms with Gasteiger partial charge in [0.05, 0.1) is 4.47 Å². The summed E-state index contributed by atoms with van der Waals surface area (Å²) < 4.78 is 6.58. The fraction of sp³-hybridized carbons (Fsp3) is 0.333. The van der Waals surface area contributed by atoms with Crippen LogP contribution < -0.4 is 10.2 Å². The number of carbonyl (C=O) groups is 1. The van der Waals surface area contributed by atoms with Crippen LogP contribution in [0, 0.1) is 0 Å². The maximum atomic E-state index is 12.6. The number of amides is 1. The third-order valence-electron chi connectivity index (χ3n) is 4.97. The standard InChI is InChI=1S/C21H23BrN4O2/c1-15(14-25-9-11-26(12-10-25)19-7-2-3-8-23-19)24-21(27)18-13-16-5-4-6-17(22)20(16)28-18/h2-8,13,15H,9-12,14H2,1H3,(H,24,27). The molecule has 0 bridgehead atoms. The number of benzene rings is 1. The number of nitrogens with one attached hydrogen (secondary N) is 1. The molecule has 1 unspecified atom stereocenters. The zero-order chi connectivity index (χ0) is 19.5. The first-order valence-corrected chi connectivity index (χ1v) is 10.3. The van der Waals surface area contributed by atoms with Gasteiger partial charge in [0.2, 0.25) is 0 Å². The molecular weight excluding hydrogens is 420 g/mol. The van der Waals surface area contributed by atoms with Crippen molar-refractivity contribution in [3.8, 4) is 0 Å². The largest absolute Gasteiger partial charge is 0.450 e. The van der Waals surface area contributed by atoms with Gasteiger partial charge >= 0.3 is 0 Å². The predicted octanol–water partition coefficient (Wildman–Crippen LogP) is 3.53. The average Bonchev–Trinajstić information content (AvgIpc) is 3.15. The number of para-hydroxylation sites is 1.